The Morgan fingerprint density at radius 2 is 1.37 bits per heavy atom. The largest absolute Gasteiger partial charge is 0.490 e. The Bertz CT molecular complexity index is 518. The first-order chi connectivity index (χ1) is 14.7. The van der Waals surface area contributed by atoms with Crippen LogP contribution in [0.1, 0.15) is 117 Å². The van der Waals surface area contributed by atoms with Crippen molar-refractivity contribution >= 4 is 11.4 Å². The van der Waals surface area contributed by atoms with E-state index in [2.05, 4.69) is 25.2 Å². The third kappa shape index (κ3) is 13.0. The Morgan fingerprint density at radius 3 is 1.97 bits per heavy atom. The van der Waals surface area contributed by atoms with Gasteiger partial charge in [0.25, 0.3) is 0 Å². The van der Waals surface area contributed by atoms with Crippen molar-refractivity contribution in [2.45, 2.75) is 117 Å². The van der Waals surface area contributed by atoms with Crippen molar-refractivity contribution in [3.05, 3.63) is 18.2 Å². The highest BCUT2D eigenvalue weighted by Crippen LogP contribution is 2.31. The molecule has 3 nitrogen and oxygen atoms in total. The van der Waals surface area contributed by atoms with Crippen molar-refractivity contribution in [2.75, 3.05) is 24.2 Å². The van der Waals surface area contributed by atoms with E-state index in [4.69, 9.17) is 10.5 Å². The van der Waals surface area contributed by atoms with Crippen molar-refractivity contribution in [3.8, 4) is 5.75 Å². The summed E-state index contributed by atoms with van der Waals surface area (Å²) in [4.78, 5) is 0. The summed E-state index contributed by atoms with van der Waals surface area (Å²) in [6.07, 6.45) is 21.0. The van der Waals surface area contributed by atoms with Crippen LogP contribution < -0.4 is 15.8 Å². The number of nitrogens with one attached hydrogen (secondary N) is 1. The predicted octanol–water partition coefficient (Wildman–Crippen LogP) is 8.59. The minimum atomic E-state index is 0.638. The molecule has 0 heterocycles. The number of benzene rings is 1. The molecule has 0 aliphatic carbocycles. The molecule has 3 heteroatoms. The molecular formula is C27H50N2O. The maximum atomic E-state index is 6.03. The third-order valence-corrected chi connectivity index (χ3v) is 6.07. The van der Waals surface area contributed by atoms with Gasteiger partial charge in [0.15, 0.2) is 5.75 Å². The lowest BCUT2D eigenvalue weighted by Crippen LogP contribution is -2.07. The smallest absolute Gasteiger partial charge is 0.165 e. The molecule has 0 aliphatic rings. The van der Waals surface area contributed by atoms with E-state index in [-0.39, 0.29) is 0 Å². The Kier molecular flexibility index (Phi) is 16.3. The molecule has 0 amide bonds. The highest BCUT2D eigenvalue weighted by Gasteiger charge is 2.07. The third-order valence-electron chi connectivity index (χ3n) is 6.07. The molecule has 0 fully saturated rings. The van der Waals surface area contributed by atoms with E-state index in [9.17, 15) is 0 Å². The van der Waals surface area contributed by atoms with E-state index < -0.39 is 0 Å². The number of hydrogen-bond donors (Lipinski definition) is 2. The molecule has 0 saturated heterocycles. The van der Waals surface area contributed by atoms with Crippen LogP contribution in [-0.4, -0.2) is 13.2 Å². The molecule has 174 valence electrons. The van der Waals surface area contributed by atoms with Crippen molar-refractivity contribution in [1.29, 1.82) is 0 Å². The molecule has 0 aliphatic heterocycles. The van der Waals surface area contributed by atoms with Crippen LogP contribution in [0.3, 0.4) is 0 Å². The fourth-order valence-corrected chi connectivity index (χ4v) is 4.15. The number of anilines is 2. The number of ether oxygens (including phenoxy) is 1. The number of hydrogen-bond acceptors (Lipinski definition) is 3. The normalized spacial score (nSPS) is 12.1. The van der Waals surface area contributed by atoms with Crippen LogP contribution in [-0.2, 0) is 0 Å². The molecule has 0 saturated carbocycles. The molecular weight excluding hydrogens is 368 g/mol. The number of nitrogens with two attached hydrogens (primary N) is 1. The Hall–Kier alpha value is -1.38. The van der Waals surface area contributed by atoms with E-state index in [1.54, 1.807) is 0 Å². The van der Waals surface area contributed by atoms with Gasteiger partial charge in [-0.25, -0.2) is 0 Å². The van der Waals surface area contributed by atoms with Crippen molar-refractivity contribution in [3.63, 3.8) is 0 Å². The standard InChI is InChI=1S/C27H50N2O/c1-4-6-7-8-9-10-11-12-13-14-15-16-19-24(3)20-18-23-29-26-22-17-21-25(28)27(26)30-5-2/h17,21-22,24,29H,4-16,18-20,23,28H2,1-3H3. The molecule has 0 spiro atoms. The molecule has 1 atom stereocenters. The van der Waals surface area contributed by atoms with Crippen molar-refractivity contribution in [1.82, 2.24) is 0 Å². The van der Waals surface area contributed by atoms with Crippen LogP contribution in [0.25, 0.3) is 0 Å². The molecule has 0 bridgehead atoms. The molecule has 1 aromatic rings. The first-order valence-corrected chi connectivity index (χ1v) is 12.9. The zero-order valence-electron chi connectivity index (χ0n) is 20.3. The van der Waals surface area contributed by atoms with Gasteiger partial charge in [-0.15, -0.1) is 0 Å². The summed E-state index contributed by atoms with van der Waals surface area (Å²) in [6, 6.07) is 5.93. The van der Waals surface area contributed by atoms with Gasteiger partial charge in [0.2, 0.25) is 0 Å². The lowest BCUT2D eigenvalue weighted by Gasteiger charge is -2.15. The van der Waals surface area contributed by atoms with Gasteiger partial charge < -0.3 is 15.8 Å². The van der Waals surface area contributed by atoms with E-state index in [1.807, 2.05) is 19.1 Å². The first-order valence-electron chi connectivity index (χ1n) is 12.9. The molecule has 1 rings (SSSR count). The summed E-state index contributed by atoms with van der Waals surface area (Å²) < 4.78 is 5.69. The van der Waals surface area contributed by atoms with Gasteiger partial charge in [-0.1, -0.05) is 103 Å². The second kappa shape index (κ2) is 18.4. The number of para-hydroxylation sites is 1. The minimum Gasteiger partial charge on any atom is -0.490 e. The van der Waals surface area contributed by atoms with Gasteiger partial charge in [-0.3, -0.25) is 0 Å². The minimum absolute atomic E-state index is 0.638. The summed E-state index contributed by atoms with van der Waals surface area (Å²) in [7, 11) is 0. The van der Waals surface area contributed by atoms with Gasteiger partial charge >= 0.3 is 0 Å². The van der Waals surface area contributed by atoms with Crippen LogP contribution in [0.2, 0.25) is 0 Å². The monoisotopic (exact) mass is 418 g/mol. The molecule has 1 aromatic carbocycles. The number of unbranched alkanes of at least 4 members (excludes halogenated alkanes) is 11. The summed E-state index contributed by atoms with van der Waals surface area (Å²) in [5.74, 6) is 1.62. The van der Waals surface area contributed by atoms with Crippen molar-refractivity contribution < 1.29 is 4.74 Å². The van der Waals surface area contributed by atoms with Gasteiger partial charge in [-0.05, 0) is 37.8 Å². The summed E-state index contributed by atoms with van der Waals surface area (Å²) in [5, 5.41) is 3.50. The van der Waals surface area contributed by atoms with E-state index >= 15 is 0 Å². The van der Waals surface area contributed by atoms with Crippen LogP contribution in [0.15, 0.2) is 18.2 Å². The molecule has 1 unspecified atom stereocenters. The van der Waals surface area contributed by atoms with Gasteiger partial charge in [0, 0.05) is 6.54 Å². The lowest BCUT2D eigenvalue weighted by molar-refractivity contribution is 0.343. The fraction of sp³-hybridized carbons (Fsp3) is 0.778. The molecule has 30 heavy (non-hydrogen) atoms. The molecule has 0 radical (unpaired) electrons. The van der Waals surface area contributed by atoms with Crippen LogP contribution >= 0.6 is 0 Å². The lowest BCUT2D eigenvalue weighted by atomic mass is 9.97. The Labute approximate surface area is 187 Å². The number of nitrogen functional groups attached to an aromatic ring is 1. The predicted molar refractivity (Wildman–Crippen MR) is 135 cm³/mol. The Balaban J connectivity index is 1.96. The van der Waals surface area contributed by atoms with Gasteiger partial charge in [0.1, 0.15) is 0 Å². The first kappa shape index (κ1) is 26.7. The second-order valence-electron chi connectivity index (χ2n) is 9.01. The van der Waals surface area contributed by atoms with Gasteiger partial charge in [-0.2, -0.15) is 0 Å². The van der Waals surface area contributed by atoms with Crippen LogP contribution in [0.5, 0.6) is 5.75 Å². The van der Waals surface area contributed by atoms with E-state index in [1.165, 1.54) is 96.3 Å². The van der Waals surface area contributed by atoms with Crippen LogP contribution in [0.4, 0.5) is 11.4 Å². The van der Waals surface area contributed by atoms with Crippen molar-refractivity contribution in [2.24, 2.45) is 5.92 Å². The van der Waals surface area contributed by atoms with Crippen LogP contribution in [0, 0.1) is 5.92 Å². The average Bonchev–Trinajstić information content (AvgIpc) is 2.74. The average molecular weight is 419 g/mol. The summed E-state index contributed by atoms with van der Waals surface area (Å²) in [5.41, 5.74) is 7.76. The summed E-state index contributed by atoms with van der Waals surface area (Å²) >= 11 is 0. The molecule has 3 N–H and O–H groups in total. The van der Waals surface area contributed by atoms with Gasteiger partial charge in [0.05, 0.1) is 18.0 Å². The topological polar surface area (TPSA) is 47.3 Å². The Morgan fingerprint density at radius 1 is 0.800 bits per heavy atom. The zero-order valence-corrected chi connectivity index (χ0v) is 20.3. The molecule has 0 aromatic heterocycles. The van der Waals surface area contributed by atoms with E-state index in [0.717, 1.165) is 23.9 Å². The fourth-order valence-electron chi connectivity index (χ4n) is 4.15. The number of rotatable bonds is 20. The highest BCUT2D eigenvalue weighted by molar-refractivity contribution is 5.69. The zero-order chi connectivity index (χ0) is 21.9. The second-order valence-corrected chi connectivity index (χ2v) is 9.01. The van der Waals surface area contributed by atoms with E-state index in [0.29, 0.717) is 12.3 Å². The SMILES string of the molecule is CCCCCCCCCCCCCCC(C)CCCNc1cccc(N)c1OCC. The summed E-state index contributed by atoms with van der Waals surface area (Å²) in [6.45, 7) is 8.31. The maximum absolute atomic E-state index is 6.03. The maximum Gasteiger partial charge on any atom is 0.165 e. The highest BCUT2D eigenvalue weighted by atomic mass is 16.5. The quantitative estimate of drug-likeness (QED) is 0.165.